The van der Waals surface area contributed by atoms with Crippen LogP contribution in [0.1, 0.15) is 37.0 Å². The van der Waals surface area contributed by atoms with Crippen molar-refractivity contribution < 1.29 is 19.2 Å². The summed E-state index contributed by atoms with van der Waals surface area (Å²) in [5.41, 5.74) is -1.30. The Bertz CT molecular complexity index is 515. The van der Waals surface area contributed by atoms with Crippen LogP contribution in [0.5, 0.6) is 0 Å². The first-order valence-corrected chi connectivity index (χ1v) is 6.35. The quantitative estimate of drug-likeness (QED) is 0.592. The van der Waals surface area contributed by atoms with E-state index in [9.17, 15) is 19.3 Å². The summed E-state index contributed by atoms with van der Waals surface area (Å²) in [4.78, 5) is 20.8. The lowest BCUT2D eigenvalue weighted by Crippen LogP contribution is -2.14. The Morgan fingerprint density at radius 3 is 2.50 bits per heavy atom. The number of anilines is 1. The second kappa shape index (κ2) is 6.83. The average molecular weight is 284 g/mol. The molecule has 0 aliphatic carbocycles. The monoisotopic (exact) mass is 284 g/mol. The number of nitrogens with one attached hydrogen (secondary N) is 1. The van der Waals surface area contributed by atoms with Crippen molar-refractivity contribution >= 4 is 17.3 Å². The first kappa shape index (κ1) is 15.9. The van der Waals surface area contributed by atoms with E-state index < -0.39 is 28.0 Å². The minimum atomic E-state index is -1.46. The average Bonchev–Trinajstić information content (AvgIpc) is 2.40. The van der Waals surface area contributed by atoms with Crippen LogP contribution in [-0.4, -0.2) is 22.5 Å². The lowest BCUT2D eigenvalue weighted by molar-refractivity contribution is -0.385. The zero-order chi connectivity index (χ0) is 15.3. The Hall–Kier alpha value is -2.18. The Kier molecular flexibility index (Phi) is 5.42. The Balaban J connectivity index is 3.06. The molecule has 0 saturated carbocycles. The number of carboxylic acids is 1. The van der Waals surface area contributed by atoms with Crippen LogP contribution in [0.25, 0.3) is 0 Å². The summed E-state index contributed by atoms with van der Waals surface area (Å²) in [6.45, 7) is 4.50. The van der Waals surface area contributed by atoms with E-state index in [0.717, 1.165) is 18.9 Å². The van der Waals surface area contributed by atoms with Crippen LogP contribution in [0, 0.1) is 21.8 Å². The van der Waals surface area contributed by atoms with Gasteiger partial charge in [-0.3, -0.25) is 10.1 Å². The number of benzene rings is 1. The molecular formula is C13H17FN2O4. The van der Waals surface area contributed by atoms with Crippen LogP contribution < -0.4 is 5.32 Å². The lowest BCUT2D eigenvalue weighted by Gasteiger charge is -2.15. The predicted molar refractivity (Wildman–Crippen MR) is 72.6 cm³/mol. The highest BCUT2D eigenvalue weighted by molar-refractivity contribution is 5.93. The van der Waals surface area contributed by atoms with E-state index in [1.54, 1.807) is 0 Å². The van der Waals surface area contributed by atoms with Gasteiger partial charge < -0.3 is 10.4 Å². The van der Waals surface area contributed by atoms with Gasteiger partial charge in [0.25, 0.3) is 5.69 Å². The summed E-state index contributed by atoms with van der Waals surface area (Å²) in [6.07, 6.45) is 1.81. The van der Waals surface area contributed by atoms with Gasteiger partial charge in [-0.1, -0.05) is 26.7 Å². The molecule has 20 heavy (non-hydrogen) atoms. The van der Waals surface area contributed by atoms with Crippen molar-refractivity contribution in [3.05, 3.63) is 33.6 Å². The molecule has 0 aromatic heterocycles. The summed E-state index contributed by atoms with van der Waals surface area (Å²) in [6, 6.07) is 1.61. The number of hydrogen-bond acceptors (Lipinski definition) is 4. The normalized spacial score (nSPS) is 10.6. The van der Waals surface area contributed by atoms with Crippen LogP contribution in [0.15, 0.2) is 12.1 Å². The molecule has 2 N–H and O–H groups in total. The summed E-state index contributed by atoms with van der Waals surface area (Å²) in [7, 11) is 0. The second-order valence-corrected chi connectivity index (χ2v) is 4.47. The van der Waals surface area contributed by atoms with Gasteiger partial charge in [0.1, 0.15) is 5.56 Å². The van der Waals surface area contributed by atoms with Crippen molar-refractivity contribution in [1.82, 2.24) is 0 Å². The highest BCUT2D eigenvalue weighted by Gasteiger charge is 2.23. The second-order valence-electron chi connectivity index (χ2n) is 4.47. The van der Waals surface area contributed by atoms with Crippen molar-refractivity contribution in [2.24, 2.45) is 5.92 Å². The first-order chi connectivity index (χ1) is 9.40. The lowest BCUT2D eigenvalue weighted by atomic mass is 10.0. The molecule has 7 heteroatoms. The van der Waals surface area contributed by atoms with Crippen LogP contribution in [0.3, 0.4) is 0 Å². The first-order valence-electron chi connectivity index (χ1n) is 6.35. The molecule has 0 fully saturated rings. The molecule has 1 aromatic carbocycles. The van der Waals surface area contributed by atoms with E-state index in [2.05, 4.69) is 5.32 Å². The summed E-state index contributed by atoms with van der Waals surface area (Å²) < 4.78 is 13.8. The standard InChI is InChI=1S/C13H17FN2O4/c1-3-8(4-2)7-15-11-5-9(13(17)18)12(16(19)20)6-10(11)14/h5-6,8,15H,3-4,7H2,1-2H3,(H,17,18). The van der Waals surface area contributed by atoms with Gasteiger partial charge in [-0.15, -0.1) is 0 Å². The third-order valence-corrected chi connectivity index (χ3v) is 3.25. The van der Waals surface area contributed by atoms with Gasteiger partial charge in [-0.25, -0.2) is 9.18 Å². The Morgan fingerprint density at radius 2 is 2.05 bits per heavy atom. The highest BCUT2D eigenvalue weighted by Crippen LogP contribution is 2.26. The molecule has 0 saturated heterocycles. The summed E-state index contributed by atoms with van der Waals surface area (Å²) in [5, 5.41) is 22.5. The van der Waals surface area contributed by atoms with E-state index in [1.807, 2.05) is 13.8 Å². The number of carboxylic acid groups (broad SMARTS) is 1. The molecule has 1 aromatic rings. The highest BCUT2D eigenvalue weighted by atomic mass is 19.1. The molecule has 0 aliphatic heterocycles. The molecule has 110 valence electrons. The third kappa shape index (κ3) is 3.66. The molecule has 0 atom stereocenters. The van der Waals surface area contributed by atoms with Gasteiger partial charge in [-0.2, -0.15) is 0 Å². The van der Waals surface area contributed by atoms with Crippen molar-refractivity contribution in [2.75, 3.05) is 11.9 Å². The van der Waals surface area contributed by atoms with E-state index in [4.69, 9.17) is 5.11 Å². The maximum atomic E-state index is 13.8. The smallest absolute Gasteiger partial charge is 0.342 e. The Labute approximate surface area is 115 Å². The molecule has 6 nitrogen and oxygen atoms in total. The number of aromatic carboxylic acids is 1. The fourth-order valence-electron chi connectivity index (χ4n) is 1.85. The molecule has 0 spiro atoms. The van der Waals surface area contributed by atoms with E-state index in [0.29, 0.717) is 18.5 Å². The summed E-state index contributed by atoms with van der Waals surface area (Å²) >= 11 is 0. The topological polar surface area (TPSA) is 92.5 Å². The van der Waals surface area contributed by atoms with E-state index >= 15 is 0 Å². The molecule has 0 radical (unpaired) electrons. The SMILES string of the molecule is CCC(CC)CNc1cc(C(=O)O)c([N+](=O)[O-])cc1F. The molecule has 0 heterocycles. The van der Waals surface area contributed by atoms with Gasteiger partial charge in [0.15, 0.2) is 5.82 Å². The summed E-state index contributed by atoms with van der Waals surface area (Å²) in [5.74, 6) is -1.95. The van der Waals surface area contributed by atoms with Crippen LogP contribution in [-0.2, 0) is 0 Å². The predicted octanol–water partition coefficient (Wildman–Crippen LogP) is 3.28. The zero-order valence-corrected chi connectivity index (χ0v) is 11.4. The van der Waals surface area contributed by atoms with Gasteiger partial charge in [0.05, 0.1) is 16.7 Å². The van der Waals surface area contributed by atoms with Crippen LogP contribution in [0.2, 0.25) is 0 Å². The minimum absolute atomic E-state index is 0.0279. The fraction of sp³-hybridized carbons (Fsp3) is 0.462. The van der Waals surface area contributed by atoms with Crippen molar-refractivity contribution in [3.63, 3.8) is 0 Å². The number of nitro groups is 1. The molecule has 0 aliphatic rings. The molecule has 0 amide bonds. The molecule has 0 bridgehead atoms. The van der Waals surface area contributed by atoms with Crippen molar-refractivity contribution in [2.45, 2.75) is 26.7 Å². The third-order valence-electron chi connectivity index (χ3n) is 3.25. The van der Waals surface area contributed by atoms with Crippen molar-refractivity contribution in [3.8, 4) is 0 Å². The number of halogens is 1. The molecular weight excluding hydrogens is 267 g/mol. The minimum Gasteiger partial charge on any atom is -0.477 e. The van der Waals surface area contributed by atoms with E-state index in [1.165, 1.54) is 0 Å². The van der Waals surface area contributed by atoms with Gasteiger partial charge in [0.2, 0.25) is 0 Å². The van der Waals surface area contributed by atoms with Gasteiger partial charge in [-0.05, 0) is 12.0 Å². The maximum Gasteiger partial charge on any atom is 0.342 e. The zero-order valence-electron chi connectivity index (χ0n) is 11.4. The number of nitro benzene ring substituents is 1. The Morgan fingerprint density at radius 1 is 1.45 bits per heavy atom. The van der Waals surface area contributed by atoms with Gasteiger partial charge >= 0.3 is 5.97 Å². The number of carbonyl (C=O) groups is 1. The number of nitrogens with zero attached hydrogens (tertiary/aromatic N) is 1. The van der Waals surface area contributed by atoms with Crippen LogP contribution >= 0.6 is 0 Å². The fourth-order valence-corrected chi connectivity index (χ4v) is 1.85. The largest absolute Gasteiger partial charge is 0.477 e. The van der Waals surface area contributed by atoms with Crippen molar-refractivity contribution in [1.29, 1.82) is 0 Å². The maximum absolute atomic E-state index is 13.8. The van der Waals surface area contributed by atoms with Crippen LogP contribution in [0.4, 0.5) is 15.8 Å². The molecule has 1 rings (SSSR count). The van der Waals surface area contributed by atoms with E-state index in [-0.39, 0.29) is 5.69 Å². The molecule has 0 unspecified atom stereocenters. The van der Waals surface area contributed by atoms with Gasteiger partial charge in [0, 0.05) is 6.54 Å². The number of rotatable bonds is 7. The number of hydrogen-bond donors (Lipinski definition) is 2.